The van der Waals surface area contributed by atoms with Crippen molar-refractivity contribution in [1.82, 2.24) is 9.97 Å². The van der Waals surface area contributed by atoms with Crippen LogP contribution in [0.15, 0.2) is 4.47 Å². The molecule has 82 valence electrons. The van der Waals surface area contributed by atoms with Gasteiger partial charge in [0, 0.05) is 17.3 Å². The van der Waals surface area contributed by atoms with Crippen molar-refractivity contribution in [1.29, 1.82) is 0 Å². The van der Waals surface area contributed by atoms with E-state index in [-0.39, 0.29) is 0 Å². The Bertz CT molecular complexity index is 349. The second kappa shape index (κ2) is 5.45. The minimum absolute atomic E-state index is 0.312. The lowest BCUT2D eigenvalue weighted by Crippen LogP contribution is -2.10. The third-order valence-electron chi connectivity index (χ3n) is 1.89. The molecule has 0 spiro atoms. The molecular weight excluding hydrogens is 339 g/mol. The molecule has 1 unspecified atom stereocenters. The summed E-state index contributed by atoms with van der Waals surface area (Å²) in [4.78, 5) is 8.49. The minimum atomic E-state index is 0.312. The number of hydrogen-bond acceptors (Lipinski definition) is 4. The van der Waals surface area contributed by atoms with E-state index in [2.05, 4.69) is 25.9 Å². The van der Waals surface area contributed by atoms with Crippen LogP contribution in [-0.4, -0.2) is 27.2 Å². The molecule has 1 atom stereocenters. The van der Waals surface area contributed by atoms with Gasteiger partial charge in [0.15, 0.2) is 0 Å². The zero-order chi connectivity index (χ0) is 10.8. The van der Waals surface area contributed by atoms with Crippen LogP contribution in [0.25, 0.3) is 0 Å². The van der Waals surface area contributed by atoms with Crippen molar-refractivity contribution < 1.29 is 0 Å². The Hall–Kier alpha value is 0.840. The van der Waals surface area contributed by atoms with Gasteiger partial charge in [-0.15, -0.1) is 11.8 Å². The van der Waals surface area contributed by atoms with E-state index in [1.54, 1.807) is 0 Å². The Morgan fingerprint density at radius 1 is 1.20 bits per heavy atom. The summed E-state index contributed by atoms with van der Waals surface area (Å²) in [6.45, 7) is 0. The van der Waals surface area contributed by atoms with Gasteiger partial charge < -0.3 is 0 Å². The molecule has 2 heterocycles. The molecular formula is C8H7BrCl2N2S2. The maximum atomic E-state index is 5.94. The van der Waals surface area contributed by atoms with Gasteiger partial charge >= 0.3 is 0 Å². The van der Waals surface area contributed by atoms with E-state index in [1.807, 2.05) is 23.5 Å². The average Bonchev–Trinajstić information content (AvgIpc) is 2.26. The molecule has 0 amide bonds. The highest BCUT2D eigenvalue weighted by Crippen LogP contribution is 2.37. The second-order valence-electron chi connectivity index (χ2n) is 2.91. The minimum Gasteiger partial charge on any atom is -0.219 e. The smallest absolute Gasteiger partial charge is 0.148 e. The maximum Gasteiger partial charge on any atom is 0.148 e. The fourth-order valence-electron chi connectivity index (χ4n) is 1.19. The number of halogens is 3. The van der Waals surface area contributed by atoms with Gasteiger partial charge in [0.1, 0.15) is 16.1 Å². The molecule has 1 saturated heterocycles. The molecule has 0 aliphatic carbocycles. The van der Waals surface area contributed by atoms with Crippen molar-refractivity contribution in [3.05, 3.63) is 20.6 Å². The van der Waals surface area contributed by atoms with Crippen molar-refractivity contribution in [2.45, 2.75) is 5.25 Å². The van der Waals surface area contributed by atoms with E-state index < -0.39 is 0 Å². The van der Waals surface area contributed by atoms with Crippen LogP contribution in [0.1, 0.15) is 11.1 Å². The quantitative estimate of drug-likeness (QED) is 0.716. The number of thioether (sulfide) groups is 2. The molecule has 15 heavy (non-hydrogen) atoms. The highest BCUT2D eigenvalue weighted by atomic mass is 79.9. The topological polar surface area (TPSA) is 25.8 Å². The zero-order valence-electron chi connectivity index (χ0n) is 7.54. The number of rotatable bonds is 1. The number of aromatic nitrogens is 2. The van der Waals surface area contributed by atoms with Crippen molar-refractivity contribution in [3.8, 4) is 0 Å². The summed E-state index contributed by atoms with van der Waals surface area (Å²) in [7, 11) is 0. The summed E-state index contributed by atoms with van der Waals surface area (Å²) in [5, 5.41) is 1.09. The van der Waals surface area contributed by atoms with E-state index in [9.17, 15) is 0 Å². The predicted molar refractivity (Wildman–Crippen MR) is 72.3 cm³/mol. The molecule has 2 rings (SSSR count). The Labute approximate surface area is 115 Å². The van der Waals surface area contributed by atoms with Crippen LogP contribution in [0, 0.1) is 0 Å². The predicted octanol–water partition coefficient (Wildman–Crippen LogP) is 4.07. The Kier molecular flexibility index (Phi) is 4.47. The number of hydrogen-bond donors (Lipinski definition) is 0. The van der Waals surface area contributed by atoms with Crippen LogP contribution in [0.4, 0.5) is 0 Å². The molecule has 1 aromatic rings. The maximum absolute atomic E-state index is 5.94. The molecule has 2 nitrogen and oxygen atoms in total. The van der Waals surface area contributed by atoms with Crippen molar-refractivity contribution >= 4 is 62.7 Å². The van der Waals surface area contributed by atoms with E-state index in [4.69, 9.17) is 23.2 Å². The van der Waals surface area contributed by atoms with Gasteiger partial charge in [0.05, 0.1) is 9.72 Å². The molecule has 1 fully saturated rings. The zero-order valence-corrected chi connectivity index (χ0v) is 12.3. The third kappa shape index (κ3) is 2.94. The molecule has 7 heteroatoms. The first-order valence-corrected chi connectivity index (χ1v) is 8.01. The summed E-state index contributed by atoms with van der Waals surface area (Å²) in [5.74, 6) is 4.09. The van der Waals surface area contributed by atoms with Gasteiger partial charge in [-0.1, -0.05) is 23.2 Å². The van der Waals surface area contributed by atoms with Gasteiger partial charge in [-0.25, -0.2) is 9.97 Å². The fraction of sp³-hybridized carbons (Fsp3) is 0.500. The lowest BCUT2D eigenvalue weighted by atomic mass is 10.4. The summed E-state index contributed by atoms with van der Waals surface area (Å²) >= 11 is 18.9. The van der Waals surface area contributed by atoms with Crippen molar-refractivity contribution in [3.63, 3.8) is 0 Å². The first-order valence-electron chi connectivity index (χ1n) is 4.26. The van der Waals surface area contributed by atoms with Gasteiger partial charge in [0.2, 0.25) is 0 Å². The molecule has 1 aromatic heterocycles. The molecule has 0 bridgehead atoms. The summed E-state index contributed by atoms with van der Waals surface area (Å²) < 4.78 is 0.572. The van der Waals surface area contributed by atoms with Gasteiger partial charge in [-0.3, -0.25) is 0 Å². The van der Waals surface area contributed by atoms with Gasteiger partial charge in [-0.2, -0.15) is 11.8 Å². The van der Waals surface area contributed by atoms with E-state index >= 15 is 0 Å². The Morgan fingerprint density at radius 3 is 2.40 bits per heavy atom. The normalized spacial score (nSPS) is 21.7. The fourth-order valence-corrected chi connectivity index (χ4v) is 4.37. The lowest BCUT2D eigenvalue weighted by molar-refractivity contribution is 0.919. The van der Waals surface area contributed by atoms with Crippen LogP contribution in [0.2, 0.25) is 10.3 Å². The van der Waals surface area contributed by atoms with E-state index in [0.29, 0.717) is 20.0 Å². The molecule has 0 N–H and O–H groups in total. The second-order valence-corrected chi connectivity index (χ2v) is 6.88. The van der Waals surface area contributed by atoms with Crippen LogP contribution >= 0.6 is 62.7 Å². The molecule has 1 aliphatic rings. The summed E-state index contributed by atoms with van der Waals surface area (Å²) in [5.41, 5.74) is 0. The SMILES string of the molecule is Clc1nc(C2CSCCS2)nc(Cl)c1Br. The van der Waals surface area contributed by atoms with Crippen LogP contribution in [0.3, 0.4) is 0 Å². The third-order valence-corrected chi connectivity index (χ3v) is 6.40. The Balaban J connectivity index is 2.27. The van der Waals surface area contributed by atoms with Crippen molar-refractivity contribution in [2.75, 3.05) is 17.3 Å². The highest BCUT2D eigenvalue weighted by molar-refractivity contribution is 9.10. The van der Waals surface area contributed by atoms with Gasteiger partial charge in [0.25, 0.3) is 0 Å². The molecule has 1 aliphatic heterocycles. The van der Waals surface area contributed by atoms with Crippen LogP contribution < -0.4 is 0 Å². The molecule has 0 saturated carbocycles. The molecule has 0 aromatic carbocycles. The molecule has 0 radical (unpaired) electrons. The standard InChI is InChI=1S/C8H7BrCl2N2S2/c9-5-6(10)12-8(13-7(5)11)4-3-14-1-2-15-4/h4H,1-3H2. The first-order chi connectivity index (χ1) is 7.18. The summed E-state index contributed by atoms with van der Waals surface area (Å²) in [6, 6.07) is 0. The van der Waals surface area contributed by atoms with Gasteiger partial charge in [-0.05, 0) is 15.9 Å². The largest absolute Gasteiger partial charge is 0.219 e. The van der Waals surface area contributed by atoms with E-state index in [1.165, 1.54) is 5.75 Å². The first kappa shape index (κ1) is 12.3. The Morgan fingerprint density at radius 2 is 1.87 bits per heavy atom. The lowest BCUT2D eigenvalue weighted by Gasteiger charge is -2.19. The number of nitrogens with zero attached hydrogens (tertiary/aromatic N) is 2. The van der Waals surface area contributed by atoms with Crippen molar-refractivity contribution in [2.24, 2.45) is 0 Å². The monoisotopic (exact) mass is 344 g/mol. The average molecular weight is 346 g/mol. The van der Waals surface area contributed by atoms with Crippen LogP contribution in [-0.2, 0) is 0 Å². The highest BCUT2D eigenvalue weighted by Gasteiger charge is 2.21. The summed E-state index contributed by atoms with van der Waals surface area (Å²) in [6.07, 6.45) is 0. The van der Waals surface area contributed by atoms with E-state index in [0.717, 1.165) is 17.3 Å². The van der Waals surface area contributed by atoms with Crippen LogP contribution in [0.5, 0.6) is 0 Å².